The predicted octanol–water partition coefficient (Wildman–Crippen LogP) is 4.51. The summed E-state index contributed by atoms with van der Waals surface area (Å²) in [5.41, 5.74) is 4.94. The van der Waals surface area contributed by atoms with Gasteiger partial charge in [0.1, 0.15) is 11.5 Å². The number of nitrogens with one attached hydrogen (secondary N) is 1. The monoisotopic (exact) mass is 339 g/mol. The molecule has 0 saturated carbocycles. The molecule has 2 aliphatic rings. The van der Waals surface area contributed by atoms with Crippen molar-refractivity contribution in [2.75, 3.05) is 26.1 Å². The van der Waals surface area contributed by atoms with Crippen molar-refractivity contribution in [2.24, 2.45) is 5.92 Å². The molecule has 4 rings (SSSR count). The number of ether oxygens (including phenoxy) is 3. The lowest BCUT2D eigenvalue weighted by Crippen LogP contribution is -2.29. The first-order valence-corrected chi connectivity index (χ1v) is 8.98. The lowest BCUT2D eigenvalue weighted by molar-refractivity contribution is 0.0826. The third-order valence-corrected chi connectivity index (χ3v) is 5.48. The van der Waals surface area contributed by atoms with Crippen molar-refractivity contribution in [3.8, 4) is 11.5 Å². The van der Waals surface area contributed by atoms with E-state index in [-0.39, 0.29) is 12.1 Å². The summed E-state index contributed by atoms with van der Waals surface area (Å²) in [6.45, 7) is 2.99. The van der Waals surface area contributed by atoms with Gasteiger partial charge in [0.25, 0.3) is 0 Å². The zero-order chi connectivity index (χ0) is 17.4. The molecule has 4 heteroatoms. The van der Waals surface area contributed by atoms with E-state index in [0.29, 0.717) is 5.92 Å². The first-order chi connectivity index (χ1) is 12.2. The van der Waals surface area contributed by atoms with E-state index in [2.05, 4.69) is 36.5 Å². The third-order valence-electron chi connectivity index (χ3n) is 5.48. The lowest BCUT2D eigenvalue weighted by atomic mass is 9.80. The predicted molar refractivity (Wildman–Crippen MR) is 98.5 cm³/mol. The summed E-state index contributed by atoms with van der Waals surface area (Å²) in [4.78, 5) is 0. The molecule has 2 heterocycles. The van der Waals surface area contributed by atoms with Gasteiger partial charge >= 0.3 is 0 Å². The van der Waals surface area contributed by atoms with E-state index in [0.717, 1.165) is 42.2 Å². The Balaban J connectivity index is 1.79. The summed E-state index contributed by atoms with van der Waals surface area (Å²) in [5, 5.41) is 3.75. The topological polar surface area (TPSA) is 39.7 Å². The second-order valence-electron chi connectivity index (χ2n) is 6.75. The van der Waals surface area contributed by atoms with Crippen molar-refractivity contribution in [3.05, 3.63) is 53.1 Å². The van der Waals surface area contributed by atoms with Crippen LogP contribution in [0.5, 0.6) is 11.5 Å². The minimum absolute atomic E-state index is 0.142. The van der Waals surface area contributed by atoms with Crippen LogP contribution in [-0.2, 0) is 11.2 Å². The van der Waals surface area contributed by atoms with Gasteiger partial charge in [-0.25, -0.2) is 0 Å². The molecule has 0 aromatic heterocycles. The summed E-state index contributed by atoms with van der Waals surface area (Å²) in [7, 11) is 3.42. The maximum Gasteiger partial charge on any atom is 0.124 e. The van der Waals surface area contributed by atoms with Crippen molar-refractivity contribution < 1.29 is 14.2 Å². The van der Waals surface area contributed by atoms with Gasteiger partial charge in [0.05, 0.1) is 26.4 Å². The first-order valence-electron chi connectivity index (χ1n) is 8.98. The van der Waals surface area contributed by atoms with Crippen LogP contribution in [0.25, 0.3) is 0 Å². The fraction of sp³-hybridized carbons (Fsp3) is 0.429. The number of hydrogen-bond acceptors (Lipinski definition) is 4. The Bertz CT molecular complexity index is 774. The molecule has 0 amide bonds. The molecule has 2 aromatic carbocycles. The second kappa shape index (κ2) is 6.60. The van der Waals surface area contributed by atoms with Gasteiger partial charge in [0, 0.05) is 29.3 Å². The quantitative estimate of drug-likeness (QED) is 0.889. The van der Waals surface area contributed by atoms with Crippen molar-refractivity contribution in [2.45, 2.75) is 31.9 Å². The summed E-state index contributed by atoms with van der Waals surface area (Å²) in [6.07, 6.45) is 2.22. The Labute approximate surface area is 149 Å². The first kappa shape index (κ1) is 16.3. The molecule has 0 bridgehead atoms. The van der Waals surface area contributed by atoms with Gasteiger partial charge in [0.2, 0.25) is 0 Å². The van der Waals surface area contributed by atoms with E-state index in [1.807, 2.05) is 12.1 Å². The Hall–Kier alpha value is -2.20. The van der Waals surface area contributed by atoms with Crippen LogP contribution >= 0.6 is 0 Å². The highest BCUT2D eigenvalue weighted by molar-refractivity contribution is 5.60. The Morgan fingerprint density at radius 3 is 2.72 bits per heavy atom. The third kappa shape index (κ3) is 2.74. The van der Waals surface area contributed by atoms with Crippen molar-refractivity contribution in [1.82, 2.24) is 0 Å². The molecule has 4 nitrogen and oxygen atoms in total. The van der Waals surface area contributed by atoms with Crippen LogP contribution in [0.4, 0.5) is 5.69 Å². The molecule has 1 saturated heterocycles. The maximum atomic E-state index is 6.15. The van der Waals surface area contributed by atoms with E-state index in [1.165, 1.54) is 11.1 Å². The van der Waals surface area contributed by atoms with Gasteiger partial charge in [-0.05, 0) is 42.7 Å². The van der Waals surface area contributed by atoms with Crippen LogP contribution in [0.1, 0.15) is 42.2 Å². The highest BCUT2D eigenvalue weighted by atomic mass is 16.5. The van der Waals surface area contributed by atoms with Crippen LogP contribution < -0.4 is 14.8 Å². The van der Waals surface area contributed by atoms with Crippen LogP contribution in [0.3, 0.4) is 0 Å². The van der Waals surface area contributed by atoms with Gasteiger partial charge in [-0.2, -0.15) is 0 Å². The Kier molecular flexibility index (Phi) is 4.30. The number of hydrogen-bond donors (Lipinski definition) is 1. The fourth-order valence-electron chi connectivity index (χ4n) is 4.13. The summed E-state index contributed by atoms with van der Waals surface area (Å²) >= 11 is 0. The van der Waals surface area contributed by atoms with Crippen molar-refractivity contribution in [3.63, 3.8) is 0 Å². The van der Waals surface area contributed by atoms with Crippen LogP contribution in [0.15, 0.2) is 36.4 Å². The van der Waals surface area contributed by atoms with E-state index in [1.54, 1.807) is 14.2 Å². The lowest BCUT2D eigenvalue weighted by Gasteiger charge is -2.37. The number of methoxy groups -OCH3 is 2. The van der Waals surface area contributed by atoms with Gasteiger partial charge in [-0.15, -0.1) is 0 Å². The molecule has 25 heavy (non-hydrogen) atoms. The van der Waals surface area contributed by atoms with Crippen LogP contribution in [0.2, 0.25) is 0 Å². The van der Waals surface area contributed by atoms with Gasteiger partial charge in [0.15, 0.2) is 0 Å². The highest BCUT2D eigenvalue weighted by Gasteiger charge is 2.42. The molecule has 1 fully saturated rings. The zero-order valence-electron chi connectivity index (χ0n) is 15.0. The second-order valence-corrected chi connectivity index (χ2v) is 6.75. The average molecular weight is 339 g/mol. The Morgan fingerprint density at radius 2 is 1.96 bits per heavy atom. The molecule has 3 atom stereocenters. The van der Waals surface area contributed by atoms with Crippen LogP contribution in [0, 0.1) is 5.92 Å². The smallest absolute Gasteiger partial charge is 0.124 e. The zero-order valence-corrected chi connectivity index (χ0v) is 15.0. The minimum Gasteiger partial charge on any atom is -0.497 e. The summed E-state index contributed by atoms with van der Waals surface area (Å²) in [6, 6.07) is 12.8. The standard InChI is InChI=1S/C21H25NO3/c1-4-13-5-7-18-16(11-13)21-15(9-10-25-21)20(22-18)17-12-14(23-2)6-8-19(17)24-3/h5-8,11-12,15,20-22H,4,9-10H2,1-3H3/t15-,20?,21-/m0/s1. The normalized spacial score (nSPS) is 24.2. The van der Waals surface area contributed by atoms with Crippen molar-refractivity contribution in [1.29, 1.82) is 0 Å². The molecule has 1 unspecified atom stereocenters. The number of anilines is 1. The van der Waals surface area contributed by atoms with E-state index in [4.69, 9.17) is 14.2 Å². The molecule has 2 aliphatic heterocycles. The Morgan fingerprint density at radius 1 is 1.08 bits per heavy atom. The van der Waals surface area contributed by atoms with E-state index in [9.17, 15) is 0 Å². The number of rotatable bonds is 4. The molecular formula is C21H25NO3. The molecule has 0 spiro atoms. The summed E-state index contributed by atoms with van der Waals surface area (Å²) in [5.74, 6) is 2.12. The maximum absolute atomic E-state index is 6.15. The van der Waals surface area contributed by atoms with Gasteiger partial charge in [-0.3, -0.25) is 0 Å². The molecule has 0 aliphatic carbocycles. The number of benzene rings is 2. The van der Waals surface area contributed by atoms with Gasteiger partial charge < -0.3 is 19.5 Å². The number of fused-ring (bicyclic) bond motifs is 3. The highest BCUT2D eigenvalue weighted by Crippen LogP contribution is 2.51. The molecule has 0 radical (unpaired) electrons. The minimum atomic E-state index is 0.142. The molecule has 132 valence electrons. The van der Waals surface area contributed by atoms with E-state index >= 15 is 0 Å². The molecule has 2 aromatic rings. The molecular weight excluding hydrogens is 314 g/mol. The summed E-state index contributed by atoms with van der Waals surface area (Å²) < 4.78 is 17.2. The van der Waals surface area contributed by atoms with E-state index < -0.39 is 0 Å². The van der Waals surface area contributed by atoms with Crippen LogP contribution in [-0.4, -0.2) is 20.8 Å². The largest absolute Gasteiger partial charge is 0.497 e. The van der Waals surface area contributed by atoms with Crippen molar-refractivity contribution >= 4 is 5.69 Å². The number of aryl methyl sites for hydroxylation is 1. The average Bonchev–Trinajstić information content (AvgIpc) is 3.16. The molecule has 1 N–H and O–H groups in total. The van der Waals surface area contributed by atoms with Gasteiger partial charge in [-0.1, -0.05) is 19.1 Å². The SMILES string of the molecule is CCc1ccc2c(c1)[C@H]1OCC[C@H]1C(c1cc(OC)ccc1OC)N2. The fourth-order valence-corrected chi connectivity index (χ4v) is 4.13.